The minimum absolute atomic E-state index is 0.121. The van der Waals surface area contributed by atoms with Crippen molar-refractivity contribution in [2.24, 2.45) is 5.73 Å². The SMILES string of the molecule is CN(Cc1nc(N2C[C@H](CNC(=O)c3ccc(Cl)s3)OC2=O)sc1Cl)C(N)=O. The Morgan fingerprint density at radius 1 is 1.43 bits per heavy atom. The third-order valence-electron chi connectivity index (χ3n) is 3.79. The van der Waals surface area contributed by atoms with Gasteiger partial charge in [-0.2, -0.15) is 0 Å². The zero-order valence-electron chi connectivity index (χ0n) is 14.5. The summed E-state index contributed by atoms with van der Waals surface area (Å²) in [5, 5.41) is 3.06. The van der Waals surface area contributed by atoms with Crippen LogP contribution in [0.2, 0.25) is 8.67 Å². The second-order valence-electron chi connectivity index (χ2n) is 5.84. The van der Waals surface area contributed by atoms with Crippen LogP contribution in [0.1, 0.15) is 15.4 Å². The average Bonchev–Trinajstić information content (AvgIpc) is 3.32. The fourth-order valence-corrected chi connectivity index (χ4v) is 4.42. The first-order valence-electron chi connectivity index (χ1n) is 7.92. The fourth-order valence-electron chi connectivity index (χ4n) is 2.35. The fraction of sp³-hybridized carbons (Fsp3) is 0.333. The van der Waals surface area contributed by atoms with Crippen molar-refractivity contribution >= 4 is 69.0 Å². The molecule has 3 rings (SSSR count). The van der Waals surface area contributed by atoms with Crippen LogP contribution in [0.5, 0.6) is 0 Å². The average molecular weight is 464 g/mol. The van der Waals surface area contributed by atoms with Crippen molar-refractivity contribution in [2.45, 2.75) is 12.6 Å². The molecule has 9 nitrogen and oxygen atoms in total. The molecule has 1 atom stereocenters. The maximum atomic E-state index is 12.2. The van der Waals surface area contributed by atoms with Crippen molar-refractivity contribution in [3.05, 3.63) is 31.4 Å². The predicted molar refractivity (Wildman–Crippen MR) is 107 cm³/mol. The van der Waals surface area contributed by atoms with E-state index < -0.39 is 18.2 Å². The van der Waals surface area contributed by atoms with E-state index in [4.69, 9.17) is 33.7 Å². The molecule has 150 valence electrons. The number of nitrogens with two attached hydrogens (primary N) is 1. The van der Waals surface area contributed by atoms with Crippen LogP contribution in [0.3, 0.4) is 0 Å². The maximum Gasteiger partial charge on any atom is 0.416 e. The molecule has 1 aliphatic rings. The van der Waals surface area contributed by atoms with E-state index in [1.54, 1.807) is 12.1 Å². The zero-order chi connectivity index (χ0) is 20.4. The molecule has 1 aliphatic heterocycles. The van der Waals surface area contributed by atoms with E-state index in [2.05, 4.69) is 10.3 Å². The lowest BCUT2D eigenvalue weighted by atomic mass is 10.3. The molecular formula is C15H15Cl2N5O4S2. The van der Waals surface area contributed by atoms with Gasteiger partial charge in [-0.15, -0.1) is 11.3 Å². The molecule has 1 saturated heterocycles. The number of aromatic nitrogens is 1. The van der Waals surface area contributed by atoms with Crippen molar-refractivity contribution in [1.29, 1.82) is 0 Å². The van der Waals surface area contributed by atoms with Crippen LogP contribution in [0.25, 0.3) is 0 Å². The number of thiophene rings is 1. The van der Waals surface area contributed by atoms with Crippen molar-refractivity contribution in [1.82, 2.24) is 15.2 Å². The number of hydrogen-bond donors (Lipinski definition) is 2. The smallest absolute Gasteiger partial charge is 0.416 e. The third kappa shape index (κ3) is 4.66. The van der Waals surface area contributed by atoms with Gasteiger partial charge in [-0.25, -0.2) is 19.5 Å². The summed E-state index contributed by atoms with van der Waals surface area (Å²) in [6, 6.07) is 2.64. The predicted octanol–water partition coefficient (Wildman–Crippen LogP) is 2.78. The van der Waals surface area contributed by atoms with Gasteiger partial charge in [0.05, 0.1) is 34.5 Å². The molecule has 13 heteroatoms. The van der Waals surface area contributed by atoms with E-state index >= 15 is 0 Å². The molecule has 3 heterocycles. The quantitative estimate of drug-likeness (QED) is 0.682. The monoisotopic (exact) mass is 463 g/mol. The van der Waals surface area contributed by atoms with Crippen molar-refractivity contribution in [2.75, 3.05) is 25.0 Å². The molecule has 0 spiro atoms. The normalized spacial score (nSPS) is 16.2. The molecule has 0 saturated carbocycles. The first kappa shape index (κ1) is 20.6. The Kier molecular flexibility index (Phi) is 6.28. The Bertz CT molecular complexity index is 918. The third-order valence-corrected chi connectivity index (χ3v) is 6.38. The van der Waals surface area contributed by atoms with Crippen LogP contribution in [0, 0.1) is 0 Å². The molecule has 0 radical (unpaired) electrons. The molecule has 0 aliphatic carbocycles. The molecule has 4 amide bonds. The van der Waals surface area contributed by atoms with Crippen LogP contribution in [0.4, 0.5) is 14.7 Å². The summed E-state index contributed by atoms with van der Waals surface area (Å²) in [4.78, 5) is 42.8. The van der Waals surface area contributed by atoms with Crippen molar-refractivity contribution in [3.63, 3.8) is 0 Å². The summed E-state index contributed by atoms with van der Waals surface area (Å²) in [6.07, 6.45) is -1.12. The summed E-state index contributed by atoms with van der Waals surface area (Å²) in [7, 11) is 1.52. The van der Waals surface area contributed by atoms with Gasteiger partial charge < -0.3 is 20.7 Å². The first-order valence-corrected chi connectivity index (χ1v) is 10.3. The Hall–Kier alpha value is -2.08. The number of primary amides is 1. The second-order valence-corrected chi connectivity index (χ2v) is 9.14. The van der Waals surface area contributed by atoms with E-state index in [-0.39, 0.29) is 25.5 Å². The van der Waals surface area contributed by atoms with E-state index in [1.165, 1.54) is 16.8 Å². The number of cyclic esters (lactones) is 1. The van der Waals surface area contributed by atoms with Crippen LogP contribution in [-0.4, -0.2) is 54.2 Å². The molecule has 1 fully saturated rings. The highest BCUT2D eigenvalue weighted by Gasteiger charge is 2.35. The van der Waals surface area contributed by atoms with Crippen molar-refractivity contribution in [3.8, 4) is 0 Å². The lowest BCUT2D eigenvalue weighted by molar-refractivity contribution is 0.0920. The van der Waals surface area contributed by atoms with Crippen LogP contribution < -0.4 is 16.0 Å². The van der Waals surface area contributed by atoms with E-state index in [9.17, 15) is 14.4 Å². The van der Waals surface area contributed by atoms with Gasteiger partial charge in [0.25, 0.3) is 5.91 Å². The minimum atomic E-state index is -0.617. The van der Waals surface area contributed by atoms with Crippen LogP contribution in [0.15, 0.2) is 12.1 Å². The van der Waals surface area contributed by atoms with Gasteiger partial charge in [-0.1, -0.05) is 34.5 Å². The number of anilines is 1. The van der Waals surface area contributed by atoms with Gasteiger partial charge in [0.1, 0.15) is 10.4 Å². The second kappa shape index (κ2) is 8.52. The minimum Gasteiger partial charge on any atom is -0.442 e. The number of ether oxygens (including phenoxy) is 1. The zero-order valence-corrected chi connectivity index (χ0v) is 17.6. The molecule has 0 aromatic carbocycles. The summed E-state index contributed by atoms with van der Waals surface area (Å²) >= 11 is 14.2. The summed E-state index contributed by atoms with van der Waals surface area (Å²) in [5.74, 6) is -0.291. The molecule has 0 bridgehead atoms. The van der Waals surface area contributed by atoms with Gasteiger partial charge in [0, 0.05) is 7.05 Å². The van der Waals surface area contributed by atoms with Gasteiger partial charge in [-0.3, -0.25) is 4.79 Å². The number of carbonyl (C=O) groups excluding carboxylic acids is 3. The van der Waals surface area contributed by atoms with Gasteiger partial charge >= 0.3 is 12.1 Å². The lowest BCUT2D eigenvalue weighted by Gasteiger charge is -2.12. The highest BCUT2D eigenvalue weighted by atomic mass is 35.5. The van der Waals surface area contributed by atoms with Crippen LogP contribution >= 0.6 is 45.9 Å². The van der Waals surface area contributed by atoms with Gasteiger partial charge in [0.15, 0.2) is 5.13 Å². The number of carbonyl (C=O) groups is 3. The van der Waals surface area contributed by atoms with Gasteiger partial charge in [-0.05, 0) is 12.1 Å². The van der Waals surface area contributed by atoms with E-state index in [0.717, 1.165) is 22.7 Å². The van der Waals surface area contributed by atoms with Gasteiger partial charge in [0.2, 0.25) is 0 Å². The van der Waals surface area contributed by atoms with E-state index in [1.807, 2.05) is 0 Å². The number of urea groups is 1. The Morgan fingerprint density at radius 2 is 2.18 bits per heavy atom. The lowest BCUT2D eigenvalue weighted by Crippen LogP contribution is -2.34. The molecule has 3 N–H and O–H groups in total. The highest BCUT2D eigenvalue weighted by molar-refractivity contribution is 7.19. The standard InChI is InChI=1S/C15H15Cl2N5O4S2/c1-21(13(18)24)6-8-11(17)28-14(20-8)22-5-7(26-15(22)25)4-19-12(23)9-2-3-10(16)27-9/h2-3,7H,4-6H2,1H3,(H2,18,24)(H,19,23)/t7-/m0/s1. The Labute approximate surface area is 178 Å². The number of rotatable bonds is 6. The molecule has 28 heavy (non-hydrogen) atoms. The molecular weight excluding hydrogens is 449 g/mol. The first-order chi connectivity index (χ1) is 13.2. The highest BCUT2D eigenvalue weighted by Crippen LogP contribution is 2.33. The number of halogens is 2. The molecule has 2 aromatic heterocycles. The number of hydrogen-bond acceptors (Lipinski definition) is 7. The Morgan fingerprint density at radius 3 is 2.82 bits per heavy atom. The summed E-state index contributed by atoms with van der Waals surface area (Å²) in [6.45, 7) is 0.475. The number of amides is 4. The van der Waals surface area contributed by atoms with Crippen molar-refractivity contribution < 1.29 is 19.1 Å². The summed E-state index contributed by atoms with van der Waals surface area (Å²) < 4.78 is 6.14. The number of thiazole rings is 1. The molecule has 0 unspecified atom stereocenters. The number of nitrogens with one attached hydrogen (secondary N) is 1. The topological polar surface area (TPSA) is 118 Å². The van der Waals surface area contributed by atoms with E-state index in [0.29, 0.717) is 24.4 Å². The van der Waals surface area contributed by atoms with Crippen LogP contribution in [-0.2, 0) is 11.3 Å². The summed E-state index contributed by atoms with van der Waals surface area (Å²) in [5.41, 5.74) is 5.63. The maximum absolute atomic E-state index is 12.2. The largest absolute Gasteiger partial charge is 0.442 e. The Balaban J connectivity index is 1.60. The molecule has 2 aromatic rings. The number of nitrogens with zero attached hydrogens (tertiary/aromatic N) is 3.